The summed E-state index contributed by atoms with van der Waals surface area (Å²) in [6.45, 7) is 1.60. The van der Waals surface area contributed by atoms with Crippen LogP contribution in [0.1, 0.15) is 38.5 Å². The number of nitrogens with one attached hydrogen (secondary N) is 1. The third kappa shape index (κ3) is 4.08. The third-order valence-electron chi connectivity index (χ3n) is 5.04. The Morgan fingerprint density at radius 1 is 1.22 bits per heavy atom. The molecule has 1 saturated carbocycles. The van der Waals surface area contributed by atoms with Crippen molar-refractivity contribution in [2.45, 2.75) is 48.7 Å². The molecular formula is C18H26N2O2S. The van der Waals surface area contributed by atoms with Gasteiger partial charge in [0.1, 0.15) is 0 Å². The van der Waals surface area contributed by atoms with Crippen LogP contribution in [0.2, 0.25) is 0 Å². The number of hydrogen-bond donors (Lipinski definition) is 2. The van der Waals surface area contributed by atoms with E-state index in [1.54, 1.807) is 0 Å². The summed E-state index contributed by atoms with van der Waals surface area (Å²) in [6, 6.07) is 8.22. The van der Waals surface area contributed by atoms with Crippen LogP contribution in [0.3, 0.4) is 0 Å². The van der Waals surface area contributed by atoms with Crippen molar-refractivity contribution in [2.75, 3.05) is 25.1 Å². The van der Waals surface area contributed by atoms with Crippen molar-refractivity contribution in [3.63, 3.8) is 0 Å². The third-order valence-corrected chi connectivity index (χ3v) is 6.39. The fourth-order valence-corrected chi connectivity index (χ4v) is 4.61. The molecule has 0 bridgehead atoms. The first-order chi connectivity index (χ1) is 11.2. The summed E-state index contributed by atoms with van der Waals surface area (Å²) in [4.78, 5) is 13.9. The van der Waals surface area contributed by atoms with E-state index in [1.807, 2.05) is 23.9 Å². The van der Waals surface area contributed by atoms with Gasteiger partial charge >= 0.3 is 0 Å². The van der Waals surface area contributed by atoms with Crippen LogP contribution in [0, 0.1) is 5.41 Å². The molecule has 2 aliphatic rings. The molecule has 2 fully saturated rings. The van der Waals surface area contributed by atoms with Crippen LogP contribution in [-0.2, 0) is 9.53 Å². The molecule has 0 atom stereocenters. The molecule has 1 aromatic carbocycles. The topological polar surface area (TPSA) is 64.4 Å². The lowest BCUT2D eigenvalue weighted by atomic mass is 9.79. The minimum Gasteiger partial charge on any atom is -0.381 e. The molecule has 1 amide bonds. The van der Waals surface area contributed by atoms with Crippen molar-refractivity contribution in [1.29, 1.82) is 0 Å². The number of ether oxygens (including phenoxy) is 1. The summed E-state index contributed by atoms with van der Waals surface area (Å²) < 4.78 is 5.37. The van der Waals surface area contributed by atoms with E-state index in [2.05, 4.69) is 17.4 Å². The zero-order valence-electron chi connectivity index (χ0n) is 13.6. The van der Waals surface area contributed by atoms with E-state index in [-0.39, 0.29) is 5.91 Å². The molecular weight excluding hydrogens is 308 g/mol. The van der Waals surface area contributed by atoms with E-state index >= 15 is 0 Å². The Labute approximate surface area is 142 Å². The molecule has 23 heavy (non-hydrogen) atoms. The number of carbonyl (C=O) groups is 1. The molecule has 3 rings (SSSR count). The van der Waals surface area contributed by atoms with Gasteiger partial charge < -0.3 is 15.8 Å². The predicted octanol–water partition coefficient (Wildman–Crippen LogP) is 3.42. The highest BCUT2D eigenvalue weighted by atomic mass is 32.2. The molecule has 1 saturated heterocycles. The summed E-state index contributed by atoms with van der Waals surface area (Å²) in [5, 5.41) is 3.80. The molecule has 0 spiro atoms. The molecule has 0 unspecified atom stereocenters. The number of rotatable bonds is 5. The molecule has 1 aromatic rings. The zero-order chi connectivity index (χ0) is 16.1. The maximum Gasteiger partial charge on any atom is 0.232 e. The number of anilines is 1. The van der Waals surface area contributed by atoms with Gasteiger partial charge in [0.25, 0.3) is 0 Å². The smallest absolute Gasteiger partial charge is 0.232 e. The summed E-state index contributed by atoms with van der Waals surface area (Å²) in [5.41, 5.74) is 6.26. The first-order valence-corrected chi connectivity index (χ1v) is 9.46. The van der Waals surface area contributed by atoms with Gasteiger partial charge in [-0.05, 0) is 49.9 Å². The molecule has 0 aromatic heterocycles. The number of benzene rings is 1. The normalized spacial score (nSPS) is 21.3. The van der Waals surface area contributed by atoms with E-state index in [4.69, 9.17) is 10.5 Å². The SMILES string of the molecule is NCC1(C(=O)Nc2ccc(SC3CCCC3)cc2)CCOCC1. The summed E-state index contributed by atoms with van der Waals surface area (Å²) in [5.74, 6) is 0.0273. The van der Waals surface area contributed by atoms with Crippen molar-refractivity contribution in [2.24, 2.45) is 11.1 Å². The van der Waals surface area contributed by atoms with E-state index in [9.17, 15) is 4.79 Å². The molecule has 4 nitrogen and oxygen atoms in total. The first kappa shape index (κ1) is 16.8. The number of nitrogens with two attached hydrogens (primary N) is 1. The highest BCUT2D eigenvalue weighted by molar-refractivity contribution is 8.00. The zero-order valence-corrected chi connectivity index (χ0v) is 14.4. The number of hydrogen-bond acceptors (Lipinski definition) is 4. The lowest BCUT2D eigenvalue weighted by Gasteiger charge is -2.34. The van der Waals surface area contributed by atoms with Crippen LogP contribution in [0.5, 0.6) is 0 Å². The number of carbonyl (C=O) groups excluding carboxylic acids is 1. The minimum atomic E-state index is -0.477. The molecule has 1 aliphatic heterocycles. The Balaban J connectivity index is 1.59. The molecule has 5 heteroatoms. The van der Waals surface area contributed by atoms with Gasteiger partial charge in [-0.25, -0.2) is 0 Å². The number of thioether (sulfide) groups is 1. The van der Waals surface area contributed by atoms with Gasteiger partial charge in [-0.3, -0.25) is 4.79 Å². The van der Waals surface area contributed by atoms with Crippen molar-refractivity contribution in [3.05, 3.63) is 24.3 Å². The van der Waals surface area contributed by atoms with Crippen LogP contribution in [0.4, 0.5) is 5.69 Å². The van der Waals surface area contributed by atoms with Crippen molar-refractivity contribution < 1.29 is 9.53 Å². The van der Waals surface area contributed by atoms with E-state index < -0.39 is 5.41 Å². The van der Waals surface area contributed by atoms with Gasteiger partial charge in [-0.2, -0.15) is 0 Å². The van der Waals surface area contributed by atoms with Gasteiger partial charge in [0.05, 0.1) is 5.41 Å². The molecule has 1 aliphatic carbocycles. The Bertz CT molecular complexity index is 520. The van der Waals surface area contributed by atoms with Crippen molar-refractivity contribution in [1.82, 2.24) is 0 Å². The second kappa shape index (κ2) is 7.69. The van der Waals surface area contributed by atoms with Crippen LogP contribution >= 0.6 is 11.8 Å². The van der Waals surface area contributed by atoms with Crippen LogP contribution < -0.4 is 11.1 Å². The van der Waals surface area contributed by atoms with Crippen LogP contribution in [0.15, 0.2) is 29.2 Å². The maximum absolute atomic E-state index is 12.6. The fraction of sp³-hybridized carbons (Fsp3) is 0.611. The summed E-state index contributed by atoms with van der Waals surface area (Å²) in [7, 11) is 0. The largest absolute Gasteiger partial charge is 0.381 e. The van der Waals surface area contributed by atoms with E-state index in [0.29, 0.717) is 32.6 Å². The average molecular weight is 334 g/mol. The Morgan fingerprint density at radius 3 is 2.48 bits per heavy atom. The monoisotopic (exact) mass is 334 g/mol. The fourth-order valence-electron chi connectivity index (χ4n) is 3.37. The molecule has 1 heterocycles. The Kier molecular flexibility index (Phi) is 5.62. The lowest BCUT2D eigenvalue weighted by Crippen LogP contribution is -2.46. The van der Waals surface area contributed by atoms with Gasteiger partial charge in [-0.15, -0.1) is 11.8 Å². The Morgan fingerprint density at radius 2 is 1.87 bits per heavy atom. The predicted molar refractivity (Wildman–Crippen MR) is 94.7 cm³/mol. The maximum atomic E-state index is 12.6. The van der Waals surface area contributed by atoms with Gasteiger partial charge in [0.15, 0.2) is 0 Å². The van der Waals surface area contributed by atoms with Crippen LogP contribution in [0.25, 0.3) is 0 Å². The second-order valence-corrected chi connectivity index (χ2v) is 7.97. The van der Waals surface area contributed by atoms with Crippen molar-refractivity contribution >= 4 is 23.4 Å². The van der Waals surface area contributed by atoms with Gasteiger partial charge in [0.2, 0.25) is 5.91 Å². The van der Waals surface area contributed by atoms with Crippen LogP contribution in [-0.4, -0.2) is 30.9 Å². The summed E-state index contributed by atoms with van der Waals surface area (Å²) >= 11 is 1.96. The molecule has 0 radical (unpaired) electrons. The summed E-state index contributed by atoms with van der Waals surface area (Å²) in [6.07, 6.45) is 6.76. The lowest BCUT2D eigenvalue weighted by molar-refractivity contribution is -0.130. The minimum absolute atomic E-state index is 0.0273. The molecule has 126 valence electrons. The average Bonchev–Trinajstić information content (AvgIpc) is 3.10. The number of amides is 1. The highest BCUT2D eigenvalue weighted by Gasteiger charge is 2.38. The van der Waals surface area contributed by atoms with E-state index in [0.717, 1.165) is 10.9 Å². The van der Waals surface area contributed by atoms with E-state index in [1.165, 1.54) is 30.6 Å². The first-order valence-electron chi connectivity index (χ1n) is 8.58. The second-order valence-electron chi connectivity index (χ2n) is 6.60. The van der Waals surface area contributed by atoms with Gasteiger partial charge in [0, 0.05) is 35.6 Å². The molecule has 3 N–H and O–H groups in total. The van der Waals surface area contributed by atoms with Gasteiger partial charge in [-0.1, -0.05) is 12.8 Å². The standard InChI is InChI=1S/C18H26N2O2S/c19-13-18(9-11-22-12-10-18)17(21)20-14-5-7-16(8-6-14)23-15-3-1-2-4-15/h5-8,15H,1-4,9-13,19H2,(H,20,21). The van der Waals surface area contributed by atoms with Crippen molar-refractivity contribution in [3.8, 4) is 0 Å². The highest BCUT2D eigenvalue weighted by Crippen LogP contribution is 2.35. The quantitative estimate of drug-likeness (QED) is 0.866. The Hall–Kier alpha value is -1.04.